The van der Waals surface area contributed by atoms with Gasteiger partial charge in [0, 0.05) is 25.7 Å². The SMILES string of the molecule is CNC(=O)C1CCN(Cc2ncc(C(F)(F)F)cc2Cl)CC1. The number of carbonyl (C=O) groups is 1. The molecule has 0 bridgehead atoms. The van der Waals surface area contributed by atoms with Gasteiger partial charge in [-0.2, -0.15) is 13.2 Å². The van der Waals surface area contributed by atoms with Gasteiger partial charge >= 0.3 is 6.18 Å². The highest BCUT2D eigenvalue weighted by atomic mass is 35.5. The smallest absolute Gasteiger partial charge is 0.359 e. The summed E-state index contributed by atoms with van der Waals surface area (Å²) >= 11 is 5.90. The van der Waals surface area contributed by atoms with Gasteiger partial charge in [0.2, 0.25) is 5.91 Å². The average molecular weight is 336 g/mol. The molecule has 0 atom stereocenters. The second kappa shape index (κ2) is 6.83. The van der Waals surface area contributed by atoms with Crippen LogP contribution >= 0.6 is 11.6 Å². The first-order valence-corrected chi connectivity index (χ1v) is 7.34. The maximum absolute atomic E-state index is 12.6. The molecule has 1 amide bonds. The van der Waals surface area contributed by atoms with Crippen molar-refractivity contribution in [2.45, 2.75) is 25.6 Å². The number of piperidine rings is 1. The summed E-state index contributed by atoms with van der Waals surface area (Å²) < 4.78 is 37.7. The number of nitrogens with zero attached hydrogens (tertiary/aromatic N) is 2. The van der Waals surface area contributed by atoms with Crippen molar-refractivity contribution in [3.63, 3.8) is 0 Å². The van der Waals surface area contributed by atoms with E-state index in [0.29, 0.717) is 25.3 Å². The maximum Gasteiger partial charge on any atom is 0.417 e. The zero-order chi connectivity index (χ0) is 16.3. The minimum absolute atomic E-state index is 0.00251. The predicted molar refractivity (Wildman–Crippen MR) is 76.3 cm³/mol. The van der Waals surface area contributed by atoms with E-state index in [4.69, 9.17) is 11.6 Å². The van der Waals surface area contributed by atoms with Crippen LogP contribution in [0.25, 0.3) is 0 Å². The number of hydrogen-bond donors (Lipinski definition) is 1. The highest BCUT2D eigenvalue weighted by Crippen LogP contribution is 2.31. The molecule has 0 unspecified atom stereocenters. The third kappa shape index (κ3) is 4.10. The van der Waals surface area contributed by atoms with Crippen molar-refractivity contribution in [3.8, 4) is 0 Å². The number of hydrogen-bond acceptors (Lipinski definition) is 3. The fourth-order valence-corrected chi connectivity index (χ4v) is 2.73. The molecule has 0 radical (unpaired) electrons. The summed E-state index contributed by atoms with van der Waals surface area (Å²) in [7, 11) is 1.61. The zero-order valence-electron chi connectivity index (χ0n) is 12.1. The molecule has 22 heavy (non-hydrogen) atoms. The summed E-state index contributed by atoms with van der Waals surface area (Å²) in [6.45, 7) is 1.77. The molecule has 0 spiro atoms. The van der Waals surface area contributed by atoms with Gasteiger partial charge in [-0.1, -0.05) is 11.6 Å². The summed E-state index contributed by atoms with van der Waals surface area (Å²) in [5.74, 6) is 0.0302. The Morgan fingerprint density at radius 2 is 2.09 bits per heavy atom. The first-order valence-electron chi connectivity index (χ1n) is 6.97. The van der Waals surface area contributed by atoms with Crippen molar-refractivity contribution < 1.29 is 18.0 Å². The third-order valence-electron chi connectivity index (χ3n) is 3.82. The van der Waals surface area contributed by atoms with E-state index in [-0.39, 0.29) is 16.8 Å². The van der Waals surface area contributed by atoms with E-state index < -0.39 is 11.7 Å². The van der Waals surface area contributed by atoms with Crippen LogP contribution in [-0.4, -0.2) is 35.9 Å². The van der Waals surface area contributed by atoms with Crippen molar-refractivity contribution in [2.75, 3.05) is 20.1 Å². The maximum atomic E-state index is 12.6. The molecule has 1 aliphatic rings. The van der Waals surface area contributed by atoms with Crippen LogP contribution in [0.15, 0.2) is 12.3 Å². The molecule has 2 heterocycles. The Balaban J connectivity index is 1.97. The van der Waals surface area contributed by atoms with Gasteiger partial charge in [-0.3, -0.25) is 14.7 Å². The summed E-state index contributed by atoms with van der Waals surface area (Å²) in [4.78, 5) is 17.4. The number of halogens is 4. The molecule has 0 saturated carbocycles. The number of amides is 1. The fourth-order valence-electron chi connectivity index (χ4n) is 2.51. The Labute approximate surface area is 131 Å². The lowest BCUT2D eigenvalue weighted by atomic mass is 9.96. The second-order valence-corrected chi connectivity index (χ2v) is 5.72. The van der Waals surface area contributed by atoms with E-state index in [1.165, 1.54) is 0 Å². The van der Waals surface area contributed by atoms with Gasteiger partial charge in [-0.05, 0) is 32.0 Å². The Bertz CT molecular complexity index is 543. The quantitative estimate of drug-likeness (QED) is 0.923. The number of alkyl halides is 3. The molecule has 4 nitrogen and oxygen atoms in total. The lowest BCUT2D eigenvalue weighted by Gasteiger charge is -2.30. The first kappa shape index (κ1) is 17.0. The molecule has 1 aliphatic heterocycles. The summed E-state index contributed by atoms with van der Waals surface area (Å²) in [6, 6.07) is 0.904. The van der Waals surface area contributed by atoms with E-state index in [1.807, 2.05) is 4.90 Å². The average Bonchev–Trinajstić information content (AvgIpc) is 2.48. The van der Waals surface area contributed by atoms with Crippen molar-refractivity contribution in [1.82, 2.24) is 15.2 Å². The summed E-state index contributed by atoms with van der Waals surface area (Å²) in [5, 5.41) is 2.65. The van der Waals surface area contributed by atoms with Gasteiger partial charge < -0.3 is 5.32 Å². The molecular weight excluding hydrogens is 319 g/mol. The highest BCUT2D eigenvalue weighted by molar-refractivity contribution is 6.31. The van der Waals surface area contributed by atoms with Crippen LogP contribution in [0.2, 0.25) is 5.02 Å². The van der Waals surface area contributed by atoms with Crippen LogP contribution in [0.5, 0.6) is 0 Å². The van der Waals surface area contributed by atoms with Crippen LogP contribution in [0, 0.1) is 5.92 Å². The van der Waals surface area contributed by atoms with Crippen LogP contribution in [0.1, 0.15) is 24.1 Å². The highest BCUT2D eigenvalue weighted by Gasteiger charge is 2.32. The van der Waals surface area contributed by atoms with Crippen molar-refractivity contribution in [3.05, 3.63) is 28.5 Å². The van der Waals surface area contributed by atoms with E-state index in [1.54, 1.807) is 7.05 Å². The first-order chi connectivity index (χ1) is 10.3. The molecule has 1 fully saturated rings. The van der Waals surface area contributed by atoms with E-state index in [2.05, 4.69) is 10.3 Å². The van der Waals surface area contributed by atoms with Crippen molar-refractivity contribution in [1.29, 1.82) is 0 Å². The van der Waals surface area contributed by atoms with E-state index in [0.717, 1.165) is 25.1 Å². The van der Waals surface area contributed by atoms with Gasteiger partial charge in [0.05, 0.1) is 16.3 Å². The largest absolute Gasteiger partial charge is 0.417 e. The standard InChI is InChI=1S/C14H17ClF3N3O/c1-19-13(22)9-2-4-21(5-3-9)8-12-11(15)6-10(7-20-12)14(16,17)18/h6-7,9H,2-5,8H2,1H3,(H,19,22). The molecule has 1 aromatic heterocycles. The lowest BCUT2D eigenvalue weighted by Crippen LogP contribution is -2.39. The molecular formula is C14H17ClF3N3O. The van der Waals surface area contributed by atoms with Gasteiger partial charge in [-0.15, -0.1) is 0 Å². The van der Waals surface area contributed by atoms with Gasteiger partial charge in [0.1, 0.15) is 0 Å². The Morgan fingerprint density at radius 1 is 1.45 bits per heavy atom. The molecule has 0 aliphatic carbocycles. The molecule has 1 saturated heterocycles. The number of carbonyl (C=O) groups excluding carboxylic acids is 1. The van der Waals surface area contributed by atoms with Crippen LogP contribution < -0.4 is 5.32 Å². The Kier molecular flexibility index (Phi) is 5.28. The van der Waals surface area contributed by atoms with Crippen molar-refractivity contribution in [2.24, 2.45) is 5.92 Å². The number of nitrogens with one attached hydrogen (secondary N) is 1. The third-order valence-corrected chi connectivity index (χ3v) is 4.15. The van der Waals surface area contributed by atoms with Crippen LogP contribution in [-0.2, 0) is 17.5 Å². The molecule has 122 valence electrons. The molecule has 1 aromatic rings. The molecule has 1 N–H and O–H groups in total. The topological polar surface area (TPSA) is 45.2 Å². The minimum atomic E-state index is -4.44. The minimum Gasteiger partial charge on any atom is -0.359 e. The molecule has 0 aromatic carbocycles. The van der Waals surface area contributed by atoms with E-state index in [9.17, 15) is 18.0 Å². The number of aromatic nitrogens is 1. The predicted octanol–water partition coefficient (Wildman–Crippen LogP) is 2.71. The van der Waals surface area contributed by atoms with Gasteiger partial charge in [-0.25, -0.2) is 0 Å². The van der Waals surface area contributed by atoms with Gasteiger partial charge in [0.15, 0.2) is 0 Å². The molecule has 2 rings (SSSR count). The van der Waals surface area contributed by atoms with Crippen molar-refractivity contribution >= 4 is 17.5 Å². The van der Waals surface area contributed by atoms with E-state index >= 15 is 0 Å². The Morgan fingerprint density at radius 3 is 2.59 bits per heavy atom. The monoisotopic (exact) mass is 335 g/mol. The van der Waals surface area contributed by atoms with Gasteiger partial charge in [0.25, 0.3) is 0 Å². The number of pyridine rings is 1. The summed E-state index contributed by atoms with van der Waals surface area (Å²) in [6.07, 6.45) is -2.20. The summed E-state index contributed by atoms with van der Waals surface area (Å²) in [5.41, 5.74) is -0.423. The zero-order valence-corrected chi connectivity index (χ0v) is 12.8. The lowest BCUT2D eigenvalue weighted by molar-refractivity contribution is -0.137. The number of rotatable bonds is 3. The molecule has 8 heteroatoms. The Hall–Kier alpha value is -1.34. The fraction of sp³-hybridized carbons (Fsp3) is 0.571. The normalized spacial score (nSPS) is 17.5. The van der Waals surface area contributed by atoms with Crippen LogP contribution in [0.4, 0.5) is 13.2 Å². The van der Waals surface area contributed by atoms with Crippen LogP contribution in [0.3, 0.4) is 0 Å². The second-order valence-electron chi connectivity index (χ2n) is 5.31. The number of likely N-dealkylation sites (tertiary alicyclic amines) is 1.